The number of phenolic OH excluding ortho intramolecular Hbond substituents is 1. The minimum atomic E-state index is -0.536. The van der Waals surface area contributed by atoms with E-state index in [0.717, 1.165) is 25.9 Å². The molecule has 0 unspecified atom stereocenters. The number of nitrogens with two attached hydrogens (primary N) is 1. The zero-order valence-corrected chi connectivity index (χ0v) is 20.1. The molecule has 14 heteroatoms. The monoisotopic (exact) mass is 534 g/mol. The predicted molar refractivity (Wildman–Crippen MR) is 124 cm³/mol. The fourth-order valence-corrected chi connectivity index (χ4v) is 4.29. The molecule has 13 nitrogen and oxygen atoms in total. The first kappa shape index (κ1) is 23.6. The number of quaternary nitrogens is 1. The van der Waals surface area contributed by atoms with Crippen LogP contribution in [0.15, 0.2) is 26.3 Å². The number of ether oxygens (including phenoxy) is 1. The van der Waals surface area contributed by atoms with Crippen molar-refractivity contribution in [2.75, 3.05) is 25.9 Å². The number of methoxy groups -OCH3 is 1. The van der Waals surface area contributed by atoms with Gasteiger partial charge in [-0.25, -0.2) is 10.1 Å². The average molecular weight is 535 g/mol. The Labute approximate surface area is 203 Å². The predicted octanol–water partition coefficient (Wildman–Crippen LogP) is 0.432. The average Bonchev–Trinajstić information content (AvgIpc) is 3.33. The van der Waals surface area contributed by atoms with Gasteiger partial charge in [-0.15, -0.1) is 5.10 Å². The highest BCUT2D eigenvalue weighted by molar-refractivity contribution is 9.10. The van der Waals surface area contributed by atoms with Crippen LogP contribution in [0, 0.1) is 0 Å². The molecule has 0 spiro atoms. The molecule has 0 saturated carbocycles. The molecule has 0 atom stereocenters. The number of likely N-dealkylation sites (tertiary alicyclic amines) is 1. The summed E-state index contributed by atoms with van der Waals surface area (Å²) in [7, 11) is 1.44. The first-order valence-electron chi connectivity index (χ1n) is 10.7. The van der Waals surface area contributed by atoms with Crippen LogP contribution in [0.4, 0.5) is 5.82 Å². The third-order valence-corrected chi connectivity index (χ3v) is 6.16. The number of nitrogens with one attached hydrogen (secondary N) is 2. The maximum Gasteiger partial charge on any atom is 0.294 e. The first-order valence-corrected chi connectivity index (χ1v) is 11.5. The summed E-state index contributed by atoms with van der Waals surface area (Å²) in [5.41, 5.74) is 9.59. The van der Waals surface area contributed by atoms with Gasteiger partial charge in [0.1, 0.15) is 12.2 Å². The smallest absolute Gasteiger partial charge is 0.294 e. The van der Waals surface area contributed by atoms with Crippen LogP contribution in [-0.2, 0) is 6.54 Å². The molecule has 1 aliphatic rings. The maximum absolute atomic E-state index is 13.0. The van der Waals surface area contributed by atoms with Gasteiger partial charge < -0.3 is 20.5 Å². The number of amides is 1. The number of rotatable bonds is 7. The molecule has 1 aliphatic heterocycles. The molecule has 0 bridgehead atoms. The number of hydrogen-bond donors (Lipinski definition) is 4. The van der Waals surface area contributed by atoms with E-state index in [-0.39, 0.29) is 28.8 Å². The van der Waals surface area contributed by atoms with Gasteiger partial charge >= 0.3 is 0 Å². The zero-order chi connectivity index (χ0) is 24.1. The highest BCUT2D eigenvalue weighted by atomic mass is 79.9. The third-order valence-electron chi connectivity index (χ3n) is 5.55. The molecule has 3 aromatic rings. The molecule has 34 heavy (non-hydrogen) atoms. The van der Waals surface area contributed by atoms with Gasteiger partial charge in [0.05, 0.1) is 30.9 Å². The van der Waals surface area contributed by atoms with Crippen LogP contribution in [0.1, 0.15) is 47.4 Å². The molecule has 1 saturated heterocycles. The molecule has 1 fully saturated rings. The van der Waals surface area contributed by atoms with Gasteiger partial charge in [0.25, 0.3) is 5.91 Å². The minimum Gasteiger partial charge on any atom is -0.503 e. The molecule has 1 amide bonds. The lowest BCUT2D eigenvalue weighted by atomic mass is 10.2. The molecular formula is C20H25BrN9O4+. The van der Waals surface area contributed by atoms with Gasteiger partial charge in [-0.2, -0.15) is 9.78 Å². The number of aromatic hydroxyl groups is 1. The number of nitrogen functional groups attached to an aromatic ring is 1. The van der Waals surface area contributed by atoms with E-state index in [9.17, 15) is 9.90 Å². The summed E-state index contributed by atoms with van der Waals surface area (Å²) in [6.45, 7) is 2.47. The Morgan fingerprint density at radius 1 is 1.35 bits per heavy atom. The van der Waals surface area contributed by atoms with Crippen LogP contribution in [0.2, 0.25) is 0 Å². The minimum absolute atomic E-state index is 0.0254. The topological polar surface area (TPSA) is 171 Å². The largest absolute Gasteiger partial charge is 0.503 e. The molecule has 0 radical (unpaired) electrons. The Balaban J connectivity index is 1.57. The summed E-state index contributed by atoms with van der Waals surface area (Å²) in [4.78, 5) is 14.3. The molecular weight excluding hydrogens is 510 g/mol. The molecule has 180 valence electrons. The Bertz CT molecular complexity index is 1180. The maximum atomic E-state index is 13.0. The Kier molecular flexibility index (Phi) is 7.37. The molecule has 4 rings (SSSR count). The lowest BCUT2D eigenvalue weighted by Gasteiger charge is -2.17. The summed E-state index contributed by atoms with van der Waals surface area (Å²) in [5.74, 6) is -0.0603. The fraction of sp³-hybridized carbons (Fsp3) is 0.400. The number of hydrazone groups is 1. The number of aromatic nitrogens is 5. The summed E-state index contributed by atoms with van der Waals surface area (Å²) < 4.78 is 11.7. The van der Waals surface area contributed by atoms with Gasteiger partial charge in [0.2, 0.25) is 11.6 Å². The number of benzene rings is 1. The number of phenols is 1. The molecule has 5 N–H and O–H groups in total. The van der Waals surface area contributed by atoms with Crippen LogP contribution in [0.3, 0.4) is 0 Å². The normalized spacial score (nSPS) is 14.9. The van der Waals surface area contributed by atoms with Gasteiger partial charge in [-0.3, -0.25) is 4.79 Å². The van der Waals surface area contributed by atoms with Gasteiger partial charge in [-0.05, 0) is 69.6 Å². The van der Waals surface area contributed by atoms with E-state index in [0.29, 0.717) is 22.3 Å². The Morgan fingerprint density at radius 3 is 2.79 bits per heavy atom. The van der Waals surface area contributed by atoms with E-state index in [1.807, 2.05) is 0 Å². The van der Waals surface area contributed by atoms with Crippen molar-refractivity contribution < 1.29 is 24.2 Å². The van der Waals surface area contributed by atoms with E-state index < -0.39 is 5.91 Å². The highest BCUT2D eigenvalue weighted by Gasteiger charge is 2.27. The van der Waals surface area contributed by atoms with Crippen LogP contribution >= 0.6 is 15.9 Å². The fourth-order valence-electron chi connectivity index (χ4n) is 3.83. The van der Waals surface area contributed by atoms with E-state index in [1.165, 1.54) is 35.7 Å². The third kappa shape index (κ3) is 5.17. The summed E-state index contributed by atoms with van der Waals surface area (Å²) in [6, 6.07) is 3.22. The highest BCUT2D eigenvalue weighted by Crippen LogP contribution is 2.34. The Morgan fingerprint density at radius 2 is 2.12 bits per heavy atom. The van der Waals surface area contributed by atoms with Crippen molar-refractivity contribution in [2.24, 2.45) is 5.10 Å². The second-order valence-electron chi connectivity index (χ2n) is 7.86. The van der Waals surface area contributed by atoms with Crippen molar-refractivity contribution in [1.29, 1.82) is 0 Å². The molecule has 1 aromatic carbocycles. The molecule has 3 heterocycles. The van der Waals surface area contributed by atoms with E-state index >= 15 is 0 Å². The first-order chi connectivity index (χ1) is 16.5. The van der Waals surface area contributed by atoms with E-state index in [4.69, 9.17) is 15.1 Å². The number of halogens is 1. The number of hydrogen-bond acceptors (Lipinski definition) is 10. The van der Waals surface area contributed by atoms with Crippen molar-refractivity contribution in [1.82, 2.24) is 30.7 Å². The Hall–Kier alpha value is -3.52. The quantitative estimate of drug-likeness (QED) is 0.247. The van der Waals surface area contributed by atoms with Crippen LogP contribution in [0.5, 0.6) is 11.5 Å². The summed E-state index contributed by atoms with van der Waals surface area (Å²) in [5, 5.41) is 29.5. The second-order valence-corrected chi connectivity index (χ2v) is 8.72. The van der Waals surface area contributed by atoms with Crippen molar-refractivity contribution >= 4 is 33.9 Å². The number of anilines is 1. The summed E-state index contributed by atoms with van der Waals surface area (Å²) >= 11 is 3.25. The summed E-state index contributed by atoms with van der Waals surface area (Å²) in [6.07, 6.45) is 6.04. The van der Waals surface area contributed by atoms with Gasteiger partial charge in [0.15, 0.2) is 17.2 Å². The van der Waals surface area contributed by atoms with Crippen molar-refractivity contribution in [3.8, 4) is 17.3 Å². The lowest BCUT2D eigenvalue weighted by Crippen LogP contribution is -3.10. The van der Waals surface area contributed by atoms with Crippen LogP contribution in [-0.4, -0.2) is 62.7 Å². The molecule has 2 aromatic heterocycles. The number of nitrogens with zero attached hydrogens (tertiary/aromatic N) is 6. The zero-order valence-electron chi connectivity index (χ0n) is 18.5. The van der Waals surface area contributed by atoms with Crippen molar-refractivity contribution in [3.63, 3.8) is 0 Å². The van der Waals surface area contributed by atoms with E-state index in [2.05, 4.69) is 47.1 Å². The second kappa shape index (κ2) is 10.6. The lowest BCUT2D eigenvalue weighted by molar-refractivity contribution is -0.913. The number of carbonyl (C=O) groups is 1. The van der Waals surface area contributed by atoms with Gasteiger partial charge in [-0.1, -0.05) is 5.21 Å². The standard InChI is InChI=1S/C20H24BrN9O4/c1-33-15-9-12(8-13(21)17(15)31)10-23-25-20(32)16-14(11-29-6-4-2-3-5-7-29)30(28-24-16)19-18(22)26-34-27-19/h8-10,31H,2-7,11H2,1H3,(H2,22,26)(H,25,32)/p+1. The SMILES string of the molecule is COc1cc(C=NNC(=O)c2nnn(-c3nonc3N)c2C[NH+]2CCCCCC2)cc(Br)c1O. The van der Waals surface area contributed by atoms with Crippen LogP contribution < -0.4 is 20.8 Å². The molecule has 0 aliphatic carbocycles. The number of carbonyl (C=O) groups excluding carboxylic acids is 1. The van der Waals surface area contributed by atoms with Gasteiger partial charge in [0, 0.05) is 0 Å². The van der Waals surface area contributed by atoms with Crippen molar-refractivity contribution in [3.05, 3.63) is 33.6 Å². The van der Waals surface area contributed by atoms with Crippen molar-refractivity contribution in [2.45, 2.75) is 32.2 Å². The van der Waals surface area contributed by atoms with E-state index in [1.54, 1.807) is 12.1 Å². The van der Waals surface area contributed by atoms with Crippen LogP contribution in [0.25, 0.3) is 5.82 Å².